The van der Waals surface area contributed by atoms with E-state index >= 15 is 0 Å². The van der Waals surface area contributed by atoms with Gasteiger partial charge < -0.3 is 15.5 Å². The van der Waals surface area contributed by atoms with Crippen LogP contribution in [0.1, 0.15) is 26.2 Å². The Labute approximate surface area is 104 Å². The zero-order valence-electron chi connectivity index (χ0n) is 9.59. The number of carbonyl (C=O) groups is 3. The normalized spacial score (nSPS) is 13.7. The topological polar surface area (TPSA) is 104 Å². The summed E-state index contributed by atoms with van der Waals surface area (Å²) in [4.78, 5) is 31.6. The minimum atomic E-state index is -1.11. The molecule has 0 aliphatic heterocycles. The molecule has 0 radical (unpaired) electrons. The minimum Gasteiger partial charge on any atom is -0.480 e. The molecular weight excluding hydrogens is 246 g/mol. The number of thioether (sulfide) groups is 1. The lowest BCUT2D eigenvalue weighted by Gasteiger charge is -2.13. The quantitative estimate of drug-likeness (QED) is 0.498. The van der Waals surface area contributed by atoms with Gasteiger partial charge in [-0.05, 0) is 18.6 Å². The van der Waals surface area contributed by atoms with E-state index in [0.29, 0.717) is 18.6 Å². The first-order valence-corrected chi connectivity index (χ1v) is 6.34. The van der Waals surface area contributed by atoms with E-state index in [1.54, 1.807) is 0 Å². The number of hydrogen-bond donors (Lipinski definition) is 3. The Bertz CT molecular complexity index is 271. The van der Waals surface area contributed by atoms with Crippen molar-refractivity contribution in [3.05, 3.63) is 0 Å². The fourth-order valence-electron chi connectivity index (χ4n) is 1.23. The van der Waals surface area contributed by atoms with Crippen molar-refractivity contribution in [1.29, 1.82) is 0 Å². The number of aliphatic carboxylic acids is 2. The first-order valence-electron chi connectivity index (χ1n) is 5.29. The van der Waals surface area contributed by atoms with Gasteiger partial charge in [0.25, 0.3) is 0 Å². The third-order valence-electron chi connectivity index (χ3n) is 2.12. The lowest BCUT2D eigenvalue weighted by molar-refractivity contribution is -0.140. The van der Waals surface area contributed by atoms with Crippen molar-refractivity contribution in [2.45, 2.75) is 37.5 Å². The van der Waals surface area contributed by atoms with Gasteiger partial charge in [0.15, 0.2) is 0 Å². The molecule has 98 valence electrons. The van der Waals surface area contributed by atoms with Crippen LogP contribution in [0, 0.1) is 0 Å². The largest absolute Gasteiger partial charge is 0.480 e. The molecule has 3 N–H and O–H groups in total. The van der Waals surface area contributed by atoms with E-state index in [1.165, 1.54) is 11.8 Å². The van der Waals surface area contributed by atoms with Crippen molar-refractivity contribution in [1.82, 2.24) is 5.32 Å². The lowest BCUT2D eigenvalue weighted by Crippen LogP contribution is -2.36. The molecule has 17 heavy (non-hydrogen) atoms. The molecule has 0 saturated carbocycles. The third-order valence-corrected chi connectivity index (χ3v) is 3.43. The fraction of sp³-hybridized carbons (Fsp3) is 0.700. The number of carboxylic acids is 2. The van der Waals surface area contributed by atoms with Crippen LogP contribution in [0.3, 0.4) is 0 Å². The monoisotopic (exact) mass is 263 g/mol. The van der Waals surface area contributed by atoms with Gasteiger partial charge in [-0.3, -0.25) is 9.59 Å². The maximum Gasteiger partial charge on any atom is 0.326 e. The van der Waals surface area contributed by atoms with Crippen LogP contribution in [0.25, 0.3) is 0 Å². The number of hydrogen-bond acceptors (Lipinski definition) is 4. The number of carboxylic acid groups (broad SMARTS) is 2. The van der Waals surface area contributed by atoms with Crippen LogP contribution in [0.2, 0.25) is 0 Å². The summed E-state index contributed by atoms with van der Waals surface area (Å²) in [6.45, 7) is 1.89. The summed E-state index contributed by atoms with van der Waals surface area (Å²) >= 11 is 1.21. The van der Waals surface area contributed by atoms with E-state index in [2.05, 4.69) is 5.32 Å². The van der Waals surface area contributed by atoms with Crippen LogP contribution < -0.4 is 5.32 Å². The average Bonchev–Trinajstić information content (AvgIpc) is 2.26. The van der Waals surface area contributed by atoms with Gasteiger partial charge in [0, 0.05) is 0 Å². The Morgan fingerprint density at radius 1 is 1.29 bits per heavy atom. The molecule has 0 aromatic rings. The van der Waals surface area contributed by atoms with Gasteiger partial charge in [0.2, 0.25) is 6.41 Å². The maximum atomic E-state index is 10.8. The summed E-state index contributed by atoms with van der Waals surface area (Å²) in [5, 5.41) is 19.3. The highest BCUT2D eigenvalue weighted by atomic mass is 32.2. The van der Waals surface area contributed by atoms with Gasteiger partial charge in [0.1, 0.15) is 11.3 Å². The van der Waals surface area contributed by atoms with Gasteiger partial charge in [0.05, 0.1) is 0 Å². The molecule has 0 aliphatic carbocycles. The van der Waals surface area contributed by atoms with Crippen molar-refractivity contribution >= 4 is 30.1 Å². The molecular formula is C10H17NO5S. The first-order chi connectivity index (χ1) is 8.02. The predicted octanol–water partition coefficient (Wildman–Crippen LogP) is 0.562. The van der Waals surface area contributed by atoms with Crippen LogP contribution >= 0.6 is 11.8 Å². The SMILES string of the molecule is CCCC(SCCC(NC=O)C(=O)O)C(=O)O. The van der Waals surface area contributed by atoms with Crippen molar-refractivity contribution in [3.63, 3.8) is 0 Å². The van der Waals surface area contributed by atoms with Gasteiger partial charge in [-0.2, -0.15) is 0 Å². The molecule has 2 atom stereocenters. The molecule has 6 nitrogen and oxygen atoms in total. The molecule has 1 amide bonds. The molecule has 0 rings (SSSR count). The summed E-state index contributed by atoms with van der Waals surface area (Å²) < 4.78 is 0. The molecule has 0 spiro atoms. The van der Waals surface area contributed by atoms with E-state index in [0.717, 1.165) is 6.42 Å². The van der Waals surface area contributed by atoms with Crippen LogP contribution in [0.5, 0.6) is 0 Å². The molecule has 0 aromatic heterocycles. The summed E-state index contributed by atoms with van der Waals surface area (Å²) in [6.07, 6.45) is 1.87. The average molecular weight is 263 g/mol. The molecule has 2 unspecified atom stereocenters. The van der Waals surface area contributed by atoms with Gasteiger partial charge in [-0.1, -0.05) is 13.3 Å². The number of nitrogens with one attached hydrogen (secondary N) is 1. The molecule has 0 bridgehead atoms. The minimum absolute atomic E-state index is 0.215. The summed E-state index contributed by atoms with van der Waals surface area (Å²) in [7, 11) is 0. The standard InChI is InChI=1S/C10H17NO5S/c1-2-3-8(10(15)16)17-5-4-7(9(13)14)11-6-12/h6-8H,2-5H2,1H3,(H,11,12)(H,13,14)(H,15,16). The highest BCUT2D eigenvalue weighted by molar-refractivity contribution is 8.00. The Balaban J connectivity index is 4.03. The smallest absolute Gasteiger partial charge is 0.326 e. The van der Waals surface area contributed by atoms with Crippen LogP contribution in [-0.2, 0) is 14.4 Å². The maximum absolute atomic E-state index is 10.8. The van der Waals surface area contributed by atoms with E-state index < -0.39 is 23.2 Å². The highest BCUT2D eigenvalue weighted by Crippen LogP contribution is 2.18. The molecule has 0 aromatic carbocycles. The number of rotatable bonds is 10. The Morgan fingerprint density at radius 2 is 1.94 bits per heavy atom. The second kappa shape index (κ2) is 8.86. The lowest BCUT2D eigenvalue weighted by atomic mass is 10.2. The van der Waals surface area contributed by atoms with E-state index in [9.17, 15) is 14.4 Å². The van der Waals surface area contributed by atoms with Crippen molar-refractivity contribution in [2.75, 3.05) is 5.75 Å². The summed E-state index contributed by atoms with van der Waals surface area (Å²) in [6, 6.07) is -0.948. The van der Waals surface area contributed by atoms with Gasteiger partial charge in [-0.25, -0.2) is 4.79 Å². The van der Waals surface area contributed by atoms with Crippen molar-refractivity contribution < 1.29 is 24.6 Å². The molecule has 0 saturated heterocycles. The third kappa shape index (κ3) is 6.83. The van der Waals surface area contributed by atoms with E-state index in [4.69, 9.17) is 10.2 Å². The Hall–Kier alpha value is -1.24. The second-order valence-electron chi connectivity index (χ2n) is 3.45. The van der Waals surface area contributed by atoms with Crippen LogP contribution in [0.15, 0.2) is 0 Å². The molecule has 0 fully saturated rings. The van der Waals surface area contributed by atoms with E-state index in [1.807, 2.05) is 6.92 Å². The number of amides is 1. The molecule has 0 aliphatic rings. The van der Waals surface area contributed by atoms with E-state index in [-0.39, 0.29) is 6.42 Å². The fourth-order valence-corrected chi connectivity index (χ4v) is 2.43. The predicted molar refractivity (Wildman–Crippen MR) is 64.0 cm³/mol. The van der Waals surface area contributed by atoms with Gasteiger partial charge >= 0.3 is 11.9 Å². The van der Waals surface area contributed by atoms with Crippen molar-refractivity contribution in [2.24, 2.45) is 0 Å². The summed E-state index contributed by atoms with van der Waals surface area (Å²) in [5.41, 5.74) is 0. The molecule has 0 heterocycles. The summed E-state index contributed by atoms with van der Waals surface area (Å²) in [5.74, 6) is -1.61. The first kappa shape index (κ1) is 15.8. The number of carbonyl (C=O) groups excluding carboxylic acids is 1. The van der Waals surface area contributed by atoms with Crippen molar-refractivity contribution in [3.8, 4) is 0 Å². The Kier molecular flexibility index (Phi) is 8.21. The zero-order chi connectivity index (χ0) is 13.3. The Morgan fingerprint density at radius 3 is 2.35 bits per heavy atom. The van der Waals surface area contributed by atoms with Crippen LogP contribution in [-0.4, -0.2) is 45.6 Å². The zero-order valence-corrected chi connectivity index (χ0v) is 10.4. The molecule has 7 heteroatoms. The second-order valence-corrected chi connectivity index (χ2v) is 4.76. The van der Waals surface area contributed by atoms with Gasteiger partial charge in [-0.15, -0.1) is 11.8 Å². The van der Waals surface area contributed by atoms with Crippen LogP contribution in [0.4, 0.5) is 0 Å². The highest BCUT2D eigenvalue weighted by Gasteiger charge is 2.20.